The van der Waals surface area contributed by atoms with Gasteiger partial charge < -0.3 is 9.84 Å². The van der Waals surface area contributed by atoms with Gasteiger partial charge in [0.1, 0.15) is 11.5 Å². The van der Waals surface area contributed by atoms with Crippen molar-refractivity contribution in [1.82, 2.24) is 0 Å². The van der Waals surface area contributed by atoms with Crippen molar-refractivity contribution in [2.24, 2.45) is 0 Å². The van der Waals surface area contributed by atoms with E-state index in [4.69, 9.17) is 4.74 Å². The Balaban J connectivity index is 2.14. The van der Waals surface area contributed by atoms with Crippen LogP contribution >= 0.6 is 0 Å². The lowest BCUT2D eigenvalue weighted by molar-refractivity contribution is 0.0733. The minimum atomic E-state index is -0.359. The number of phenols is 1. The zero-order valence-corrected chi connectivity index (χ0v) is 11.5. The van der Waals surface area contributed by atoms with Crippen molar-refractivity contribution in [2.75, 3.05) is 0 Å². The molecule has 2 aromatic rings. The monoisotopic (exact) mass is 270 g/mol. The van der Waals surface area contributed by atoms with Gasteiger partial charge in [0.25, 0.3) is 0 Å². The second-order valence-electron chi connectivity index (χ2n) is 4.64. The van der Waals surface area contributed by atoms with E-state index in [-0.39, 0.29) is 11.7 Å². The minimum Gasteiger partial charge on any atom is -0.508 e. The largest absolute Gasteiger partial charge is 0.508 e. The van der Waals surface area contributed by atoms with E-state index in [1.807, 2.05) is 18.2 Å². The van der Waals surface area contributed by atoms with Crippen LogP contribution in [0.5, 0.6) is 11.5 Å². The summed E-state index contributed by atoms with van der Waals surface area (Å²) >= 11 is 0. The van der Waals surface area contributed by atoms with Crippen molar-refractivity contribution in [3.05, 3.63) is 59.7 Å². The molecule has 0 spiro atoms. The molecule has 104 valence electrons. The zero-order valence-electron chi connectivity index (χ0n) is 11.5. The average Bonchev–Trinajstić information content (AvgIpc) is 2.47. The Kier molecular flexibility index (Phi) is 4.77. The summed E-state index contributed by atoms with van der Waals surface area (Å²) in [5.41, 5.74) is 1.62. The second-order valence-corrected chi connectivity index (χ2v) is 4.64. The first-order chi connectivity index (χ1) is 9.70. The van der Waals surface area contributed by atoms with Crippen LogP contribution in [0.2, 0.25) is 0 Å². The summed E-state index contributed by atoms with van der Waals surface area (Å²) in [5.74, 6) is 0.216. The van der Waals surface area contributed by atoms with Crippen molar-refractivity contribution in [3.63, 3.8) is 0 Å². The molecule has 0 saturated carbocycles. The standard InChI is InChI=1S/C17H18O3/c1-2-3-6-13-7-4-5-8-16(13)17(19)20-15-11-9-14(18)10-12-15/h4-5,7-12,18H,2-3,6H2,1H3. The number of hydrogen-bond acceptors (Lipinski definition) is 3. The molecule has 0 aliphatic carbocycles. The quantitative estimate of drug-likeness (QED) is 0.661. The number of carbonyl (C=O) groups is 1. The van der Waals surface area contributed by atoms with Gasteiger partial charge in [-0.1, -0.05) is 31.5 Å². The maximum Gasteiger partial charge on any atom is 0.343 e. The summed E-state index contributed by atoms with van der Waals surface area (Å²) in [7, 11) is 0. The summed E-state index contributed by atoms with van der Waals surface area (Å²) in [4.78, 5) is 12.2. The zero-order chi connectivity index (χ0) is 14.4. The summed E-state index contributed by atoms with van der Waals surface area (Å²) in [5, 5.41) is 9.21. The van der Waals surface area contributed by atoms with Crippen molar-refractivity contribution in [2.45, 2.75) is 26.2 Å². The Morgan fingerprint density at radius 1 is 1.10 bits per heavy atom. The van der Waals surface area contributed by atoms with Crippen LogP contribution in [0.3, 0.4) is 0 Å². The van der Waals surface area contributed by atoms with Crippen LogP contribution in [0.1, 0.15) is 35.7 Å². The Hall–Kier alpha value is -2.29. The molecule has 0 amide bonds. The molecule has 0 atom stereocenters. The fraction of sp³-hybridized carbons (Fsp3) is 0.235. The number of carbonyl (C=O) groups excluding carboxylic acids is 1. The highest BCUT2D eigenvalue weighted by Crippen LogP contribution is 2.19. The first-order valence-electron chi connectivity index (χ1n) is 6.80. The Morgan fingerprint density at radius 2 is 1.80 bits per heavy atom. The summed E-state index contributed by atoms with van der Waals surface area (Å²) in [6, 6.07) is 13.6. The van der Waals surface area contributed by atoms with E-state index in [0.717, 1.165) is 24.8 Å². The van der Waals surface area contributed by atoms with Gasteiger partial charge in [0, 0.05) is 0 Å². The number of benzene rings is 2. The van der Waals surface area contributed by atoms with Gasteiger partial charge in [0.15, 0.2) is 0 Å². The Morgan fingerprint density at radius 3 is 2.50 bits per heavy atom. The molecular weight excluding hydrogens is 252 g/mol. The van der Waals surface area contributed by atoms with E-state index in [9.17, 15) is 9.90 Å². The molecule has 0 radical (unpaired) electrons. The van der Waals surface area contributed by atoms with Crippen molar-refractivity contribution >= 4 is 5.97 Å². The molecule has 0 heterocycles. The first-order valence-corrected chi connectivity index (χ1v) is 6.80. The molecule has 0 bridgehead atoms. The first kappa shape index (κ1) is 14.1. The summed E-state index contributed by atoms with van der Waals surface area (Å²) < 4.78 is 5.33. The molecule has 20 heavy (non-hydrogen) atoms. The van der Waals surface area contributed by atoms with E-state index in [1.54, 1.807) is 18.2 Å². The molecule has 0 saturated heterocycles. The number of aryl methyl sites for hydroxylation is 1. The van der Waals surface area contributed by atoms with Crippen LogP contribution in [-0.4, -0.2) is 11.1 Å². The van der Waals surface area contributed by atoms with Crippen LogP contribution in [0, 0.1) is 0 Å². The van der Waals surface area contributed by atoms with Crippen molar-refractivity contribution in [3.8, 4) is 11.5 Å². The predicted molar refractivity (Wildman–Crippen MR) is 78.1 cm³/mol. The van der Waals surface area contributed by atoms with Crippen molar-refractivity contribution < 1.29 is 14.6 Å². The molecule has 0 unspecified atom stereocenters. The Labute approximate surface area is 118 Å². The molecular formula is C17H18O3. The predicted octanol–water partition coefficient (Wildman–Crippen LogP) is 3.95. The van der Waals surface area contributed by atoms with Crippen LogP contribution in [0.15, 0.2) is 48.5 Å². The van der Waals surface area contributed by atoms with Gasteiger partial charge in [-0.05, 0) is 48.7 Å². The molecule has 3 nitrogen and oxygen atoms in total. The van der Waals surface area contributed by atoms with Gasteiger partial charge in [0.05, 0.1) is 5.56 Å². The molecule has 1 N–H and O–H groups in total. The van der Waals surface area contributed by atoms with E-state index < -0.39 is 0 Å². The fourth-order valence-corrected chi connectivity index (χ4v) is 1.98. The minimum absolute atomic E-state index is 0.146. The van der Waals surface area contributed by atoms with E-state index in [1.165, 1.54) is 12.1 Å². The molecule has 2 aromatic carbocycles. The number of esters is 1. The van der Waals surface area contributed by atoms with E-state index >= 15 is 0 Å². The maximum absolute atomic E-state index is 12.2. The lowest BCUT2D eigenvalue weighted by Crippen LogP contribution is -2.11. The molecule has 0 aliphatic rings. The third-order valence-corrected chi connectivity index (χ3v) is 3.08. The number of ether oxygens (including phenoxy) is 1. The van der Waals surface area contributed by atoms with Crippen molar-refractivity contribution in [1.29, 1.82) is 0 Å². The highest BCUT2D eigenvalue weighted by Gasteiger charge is 2.12. The van der Waals surface area contributed by atoms with Crippen LogP contribution < -0.4 is 4.74 Å². The maximum atomic E-state index is 12.2. The number of phenolic OH excluding ortho intramolecular Hbond substituents is 1. The third-order valence-electron chi connectivity index (χ3n) is 3.08. The highest BCUT2D eigenvalue weighted by atomic mass is 16.5. The molecule has 0 aliphatic heterocycles. The van der Waals surface area contributed by atoms with Crippen LogP contribution in [-0.2, 0) is 6.42 Å². The molecule has 0 aromatic heterocycles. The number of rotatable bonds is 5. The van der Waals surface area contributed by atoms with Crippen LogP contribution in [0.25, 0.3) is 0 Å². The molecule has 2 rings (SSSR count). The Bertz CT molecular complexity index is 573. The van der Waals surface area contributed by atoms with E-state index in [0.29, 0.717) is 11.3 Å². The fourth-order valence-electron chi connectivity index (χ4n) is 1.98. The SMILES string of the molecule is CCCCc1ccccc1C(=O)Oc1ccc(O)cc1. The number of hydrogen-bond donors (Lipinski definition) is 1. The van der Waals surface area contributed by atoms with E-state index in [2.05, 4.69) is 6.92 Å². The third kappa shape index (κ3) is 3.60. The number of aromatic hydroxyl groups is 1. The summed E-state index contributed by atoms with van der Waals surface area (Å²) in [6.07, 6.45) is 3.00. The second kappa shape index (κ2) is 6.75. The van der Waals surface area contributed by atoms with Gasteiger partial charge >= 0.3 is 5.97 Å². The van der Waals surface area contributed by atoms with Gasteiger partial charge in [-0.2, -0.15) is 0 Å². The topological polar surface area (TPSA) is 46.5 Å². The number of unbranched alkanes of at least 4 members (excludes halogenated alkanes) is 1. The van der Waals surface area contributed by atoms with Gasteiger partial charge in [-0.15, -0.1) is 0 Å². The van der Waals surface area contributed by atoms with Gasteiger partial charge in [-0.3, -0.25) is 0 Å². The average molecular weight is 270 g/mol. The highest BCUT2D eigenvalue weighted by molar-refractivity contribution is 5.92. The lowest BCUT2D eigenvalue weighted by atomic mass is 10.0. The normalized spacial score (nSPS) is 10.2. The van der Waals surface area contributed by atoms with Gasteiger partial charge in [-0.25, -0.2) is 4.79 Å². The molecule has 0 fully saturated rings. The lowest BCUT2D eigenvalue weighted by Gasteiger charge is -2.09. The molecule has 3 heteroatoms. The van der Waals surface area contributed by atoms with Crippen LogP contribution in [0.4, 0.5) is 0 Å². The smallest absolute Gasteiger partial charge is 0.343 e. The van der Waals surface area contributed by atoms with Gasteiger partial charge in [0.2, 0.25) is 0 Å². The summed E-state index contributed by atoms with van der Waals surface area (Å²) in [6.45, 7) is 2.12.